The smallest absolute Gasteiger partial charge is 0.407 e. The monoisotopic (exact) mass is 453 g/mol. The molecule has 3 aromatic rings. The van der Waals surface area contributed by atoms with Crippen LogP contribution in [0.1, 0.15) is 52.7 Å². The van der Waals surface area contributed by atoms with Gasteiger partial charge in [-0.25, -0.2) is 19.7 Å². The molecule has 0 radical (unpaired) electrons. The summed E-state index contributed by atoms with van der Waals surface area (Å²) in [6.45, 7) is 7.20. The fraction of sp³-hybridized carbons (Fsp3) is 0.500. The first-order chi connectivity index (χ1) is 15.9. The van der Waals surface area contributed by atoms with Crippen LogP contribution in [0.2, 0.25) is 0 Å². The van der Waals surface area contributed by atoms with Gasteiger partial charge in [0.15, 0.2) is 5.65 Å². The summed E-state index contributed by atoms with van der Waals surface area (Å²) in [5.74, 6) is 0.728. The molecule has 9 heteroatoms. The number of carbonyl (C=O) groups is 1. The zero-order valence-corrected chi connectivity index (χ0v) is 19.4. The average molecular weight is 454 g/mol. The van der Waals surface area contributed by atoms with Gasteiger partial charge in [-0.2, -0.15) is 0 Å². The Labute approximate surface area is 193 Å². The lowest BCUT2D eigenvalue weighted by Crippen LogP contribution is -2.33. The van der Waals surface area contributed by atoms with Crippen LogP contribution in [0.4, 0.5) is 4.79 Å². The molecule has 0 bridgehead atoms. The molecule has 1 aromatic carbocycles. The minimum atomic E-state index is -0.507. The Morgan fingerprint density at radius 1 is 1.24 bits per heavy atom. The van der Waals surface area contributed by atoms with E-state index in [1.54, 1.807) is 12.7 Å². The van der Waals surface area contributed by atoms with E-state index in [2.05, 4.69) is 20.3 Å². The molecule has 33 heavy (non-hydrogen) atoms. The first-order valence-corrected chi connectivity index (χ1v) is 11.4. The second kappa shape index (κ2) is 10.2. The SMILES string of the molecule is CC(C)(C)OC(=O)NCCCOc1cccc(-c2ncnc3c2ncn3C2CCCCO2)c1. The van der Waals surface area contributed by atoms with E-state index in [1.165, 1.54) is 0 Å². The molecule has 0 saturated carbocycles. The molecule has 1 amide bonds. The Hall–Kier alpha value is -3.20. The van der Waals surface area contributed by atoms with Gasteiger partial charge in [-0.15, -0.1) is 0 Å². The molecule has 1 atom stereocenters. The fourth-order valence-electron chi connectivity index (χ4n) is 3.72. The van der Waals surface area contributed by atoms with E-state index in [1.807, 2.05) is 49.6 Å². The van der Waals surface area contributed by atoms with Crippen molar-refractivity contribution in [1.82, 2.24) is 24.8 Å². The Kier molecular flexibility index (Phi) is 7.08. The number of amides is 1. The lowest BCUT2D eigenvalue weighted by molar-refractivity contribution is -0.0298. The quantitative estimate of drug-likeness (QED) is 0.526. The Morgan fingerprint density at radius 2 is 2.12 bits per heavy atom. The summed E-state index contributed by atoms with van der Waals surface area (Å²) < 4.78 is 19.0. The molecule has 1 fully saturated rings. The van der Waals surface area contributed by atoms with Crippen LogP contribution in [-0.2, 0) is 9.47 Å². The Balaban J connectivity index is 1.39. The molecule has 1 unspecified atom stereocenters. The Bertz CT molecular complexity index is 1090. The summed E-state index contributed by atoms with van der Waals surface area (Å²) in [5.41, 5.74) is 2.66. The van der Waals surface area contributed by atoms with Crippen LogP contribution in [0, 0.1) is 0 Å². The van der Waals surface area contributed by atoms with Crippen molar-refractivity contribution < 1.29 is 19.0 Å². The average Bonchev–Trinajstić information content (AvgIpc) is 3.23. The molecular weight excluding hydrogens is 422 g/mol. The maximum absolute atomic E-state index is 11.7. The van der Waals surface area contributed by atoms with E-state index in [9.17, 15) is 4.79 Å². The van der Waals surface area contributed by atoms with Crippen LogP contribution in [0.25, 0.3) is 22.4 Å². The van der Waals surface area contributed by atoms with Crippen LogP contribution in [-0.4, -0.2) is 51.0 Å². The van der Waals surface area contributed by atoms with Gasteiger partial charge in [0.05, 0.1) is 12.9 Å². The van der Waals surface area contributed by atoms with Gasteiger partial charge in [0, 0.05) is 18.7 Å². The molecule has 4 rings (SSSR count). The van der Waals surface area contributed by atoms with E-state index < -0.39 is 11.7 Å². The van der Waals surface area contributed by atoms with Crippen molar-refractivity contribution in [1.29, 1.82) is 0 Å². The third-order valence-electron chi connectivity index (χ3n) is 5.19. The van der Waals surface area contributed by atoms with Gasteiger partial charge >= 0.3 is 6.09 Å². The number of hydrogen-bond donors (Lipinski definition) is 1. The first-order valence-electron chi connectivity index (χ1n) is 11.4. The van der Waals surface area contributed by atoms with Crippen molar-refractivity contribution in [2.24, 2.45) is 0 Å². The number of nitrogens with one attached hydrogen (secondary N) is 1. The highest BCUT2D eigenvalue weighted by Crippen LogP contribution is 2.30. The zero-order chi connectivity index (χ0) is 23.3. The molecular formula is C24H31N5O4. The van der Waals surface area contributed by atoms with Crippen molar-refractivity contribution in [2.75, 3.05) is 19.8 Å². The lowest BCUT2D eigenvalue weighted by Gasteiger charge is -2.23. The van der Waals surface area contributed by atoms with E-state index in [4.69, 9.17) is 14.2 Å². The molecule has 1 N–H and O–H groups in total. The van der Waals surface area contributed by atoms with Gasteiger partial charge < -0.3 is 19.5 Å². The summed E-state index contributed by atoms with van der Waals surface area (Å²) in [7, 11) is 0. The number of benzene rings is 1. The van der Waals surface area contributed by atoms with Gasteiger partial charge in [-0.05, 0) is 58.6 Å². The largest absolute Gasteiger partial charge is 0.494 e. The van der Waals surface area contributed by atoms with Crippen LogP contribution >= 0.6 is 0 Å². The lowest BCUT2D eigenvalue weighted by atomic mass is 10.1. The highest BCUT2D eigenvalue weighted by atomic mass is 16.6. The van der Waals surface area contributed by atoms with E-state index in [-0.39, 0.29) is 6.23 Å². The molecule has 1 aliphatic rings. The molecule has 1 saturated heterocycles. The van der Waals surface area contributed by atoms with Crippen LogP contribution < -0.4 is 10.1 Å². The molecule has 2 aromatic heterocycles. The fourth-order valence-corrected chi connectivity index (χ4v) is 3.72. The van der Waals surface area contributed by atoms with Crippen molar-refractivity contribution in [3.63, 3.8) is 0 Å². The van der Waals surface area contributed by atoms with Gasteiger partial charge in [0.1, 0.15) is 35.1 Å². The molecule has 0 aliphatic carbocycles. The Morgan fingerprint density at radius 3 is 2.91 bits per heavy atom. The highest BCUT2D eigenvalue weighted by molar-refractivity contribution is 5.87. The van der Waals surface area contributed by atoms with Crippen molar-refractivity contribution in [3.05, 3.63) is 36.9 Å². The third kappa shape index (κ3) is 5.98. The number of ether oxygens (including phenoxy) is 3. The van der Waals surface area contributed by atoms with E-state index in [0.717, 1.165) is 54.0 Å². The van der Waals surface area contributed by atoms with Crippen molar-refractivity contribution >= 4 is 17.3 Å². The minimum Gasteiger partial charge on any atom is -0.494 e. The van der Waals surface area contributed by atoms with Gasteiger partial charge in [-0.1, -0.05) is 12.1 Å². The van der Waals surface area contributed by atoms with E-state index in [0.29, 0.717) is 19.6 Å². The number of carbonyl (C=O) groups excluding carboxylic acids is 1. The maximum atomic E-state index is 11.7. The molecule has 176 valence electrons. The molecule has 1 aliphatic heterocycles. The standard InChI is InChI=1S/C24H31N5O4/c1-24(2,3)33-23(30)25-11-7-13-31-18-9-6-8-17(14-18)20-21-22(27-15-26-20)29(16-28-21)19-10-4-5-12-32-19/h6,8-9,14-16,19H,4-5,7,10-13H2,1-3H3,(H,25,30). The predicted octanol–water partition coefficient (Wildman–Crippen LogP) is 4.49. The molecule has 3 heterocycles. The number of rotatable bonds is 7. The normalized spacial score (nSPS) is 16.5. The van der Waals surface area contributed by atoms with Crippen LogP contribution in [0.15, 0.2) is 36.9 Å². The van der Waals surface area contributed by atoms with Crippen LogP contribution in [0.3, 0.4) is 0 Å². The van der Waals surface area contributed by atoms with Crippen molar-refractivity contribution in [3.8, 4) is 17.0 Å². The number of fused-ring (bicyclic) bond motifs is 1. The summed E-state index contributed by atoms with van der Waals surface area (Å²) in [6, 6.07) is 7.75. The molecule has 9 nitrogen and oxygen atoms in total. The minimum absolute atomic E-state index is 0.0320. The summed E-state index contributed by atoms with van der Waals surface area (Å²) in [5, 5.41) is 2.73. The third-order valence-corrected chi connectivity index (χ3v) is 5.19. The number of aromatic nitrogens is 4. The highest BCUT2D eigenvalue weighted by Gasteiger charge is 2.20. The summed E-state index contributed by atoms with van der Waals surface area (Å²) >= 11 is 0. The topological polar surface area (TPSA) is 100 Å². The van der Waals surface area contributed by atoms with E-state index >= 15 is 0 Å². The number of hydrogen-bond acceptors (Lipinski definition) is 7. The number of imidazole rings is 1. The first kappa shape index (κ1) is 23.0. The zero-order valence-electron chi connectivity index (χ0n) is 19.4. The van der Waals surface area contributed by atoms with Gasteiger partial charge in [-0.3, -0.25) is 4.57 Å². The number of alkyl carbamates (subject to hydrolysis) is 1. The second-order valence-corrected chi connectivity index (χ2v) is 9.03. The summed E-state index contributed by atoms with van der Waals surface area (Å²) in [6.07, 6.45) is 6.74. The molecule has 0 spiro atoms. The van der Waals surface area contributed by atoms with Crippen LogP contribution in [0.5, 0.6) is 5.75 Å². The van der Waals surface area contributed by atoms with Gasteiger partial charge in [0.25, 0.3) is 0 Å². The maximum Gasteiger partial charge on any atom is 0.407 e. The second-order valence-electron chi connectivity index (χ2n) is 9.03. The predicted molar refractivity (Wildman–Crippen MR) is 124 cm³/mol. The summed E-state index contributed by atoms with van der Waals surface area (Å²) in [4.78, 5) is 25.2. The van der Waals surface area contributed by atoms with Gasteiger partial charge in [0.2, 0.25) is 0 Å². The number of nitrogens with zero attached hydrogens (tertiary/aromatic N) is 4. The van der Waals surface area contributed by atoms with Crippen molar-refractivity contribution in [2.45, 2.75) is 58.3 Å².